The molecule has 154 valence electrons. The van der Waals surface area contributed by atoms with Gasteiger partial charge in [-0.15, -0.1) is 10.2 Å². The number of hydrogen-bond acceptors (Lipinski definition) is 5. The molecule has 3 aromatic heterocycles. The Bertz CT molecular complexity index is 1050. The molecule has 0 radical (unpaired) electrons. The quantitative estimate of drug-likeness (QED) is 0.566. The first-order valence-corrected chi connectivity index (χ1v) is 8.76. The van der Waals surface area contributed by atoms with Crippen LogP contribution in [0.4, 0.5) is 22.0 Å². The van der Waals surface area contributed by atoms with Crippen molar-refractivity contribution in [2.45, 2.75) is 37.9 Å². The summed E-state index contributed by atoms with van der Waals surface area (Å²) in [6, 6.07) is 4.06. The highest BCUT2D eigenvalue weighted by Gasteiger charge is 2.47. The van der Waals surface area contributed by atoms with Crippen molar-refractivity contribution in [1.82, 2.24) is 19.6 Å². The number of nitrogens with zero attached hydrogens (tertiary/aromatic N) is 4. The minimum atomic E-state index is -3.65. The predicted octanol–water partition coefficient (Wildman–Crippen LogP) is 4.19. The summed E-state index contributed by atoms with van der Waals surface area (Å²) in [6.07, 6.45) is -2.86. The minimum absolute atomic E-state index is 0.155. The number of alkyl halides is 4. The van der Waals surface area contributed by atoms with Gasteiger partial charge in [0, 0.05) is 36.4 Å². The van der Waals surface area contributed by atoms with Gasteiger partial charge in [-0.3, -0.25) is 4.40 Å². The van der Waals surface area contributed by atoms with E-state index < -0.39 is 42.6 Å². The highest BCUT2D eigenvalue weighted by Crippen LogP contribution is 2.40. The zero-order valence-electron chi connectivity index (χ0n) is 15.1. The first kappa shape index (κ1) is 19.5. The SMILES string of the molecule is CCOC(F)(F)c1nnc2ccc(-c3cnc(OC4CC(F)(F)C4)c(F)c3)cn12. The van der Waals surface area contributed by atoms with E-state index in [1.807, 2.05) is 0 Å². The lowest BCUT2D eigenvalue weighted by atomic mass is 9.91. The molecule has 0 aliphatic heterocycles. The fraction of sp³-hybridized carbons (Fsp3) is 0.389. The number of pyridine rings is 2. The highest BCUT2D eigenvalue weighted by molar-refractivity contribution is 5.64. The second-order valence-electron chi connectivity index (χ2n) is 6.63. The van der Waals surface area contributed by atoms with Gasteiger partial charge in [-0.1, -0.05) is 0 Å². The first-order chi connectivity index (χ1) is 13.7. The molecule has 3 heterocycles. The monoisotopic (exact) mass is 414 g/mol. The van der Waals surface area contributed by atoms with Crippen molar-refractivity contribution in [2.24, 2.45) is 0 Å². The van der Waals surface area contributed by atoms with E-state index in [1.54, 1.807) is 0 Å². The van der Waals surface area contributed by atoms with Crippen LogP contribution in [0.25, 0.3) is 16.8 Å². The lowest BCUT2D eigenvalue weighted by Gasteiger charge is -2.34. The van der Waals surface area contributed by atoms with Gasteiger partial charge >= 0.3 is 6.11 Å². The summed E-state index contributed by atoms with van der Waals surface area (Å²) in [4.78, 5) is 3.84. The maximum absolute atomic E-state index is 14.3. The Morgan fingerprint density at radius 2 is 1.97 bits per heavy atom. The van der Waals surface area contributed by atoms with Crippen LogP contribution in [-0.4, -0.2) is 38.2 Å². The van der Waals surface area contributed by atoms with Crippen LogP contribution in [0.2, 0.25) is 0 Å². The maximum Gasteiger partial charge on any atom is 0.418 e. The zero-order chi connectivity index (χ0) is 20.8. The number of rotatable bonds is 6. The van der Waals surface area contributed by atoms with Crippen molar-refractivity contribution in [3.63, 3.8) is 0 Å². The van der Waals surface area contributed by atoms with Gasteiger partial charge in [-0.25, -0.2) is 18.2 Å². The normalized spacial score (nSPS) is 16.8. The summed E-state index contributed by atoms with van der Waals surface area (Å²) >= 11 is 0. The van der Waals surface area contributed by atoms with E-state index in [9.17, 15) is 22.0 Å². The van der Waals surface area contributed by atoms with E-state index in [0.29, 0.717) is 5.56 Å². The average molecular weight is 414 g/mol. The number of ether oxygens (including phenoxy) is 2. The molecule has 0 unspecified atom stereocenters. The Balaban J connectivity index is 1.62. The maximum atomic E-state index is 14.3. The topological polar surface area (TPSA) is 61.5 Å². The molecule has 1 fully saturated rings. The highest BCUT2D eigenvalue weighted by atomic mass is 19.3. The third kappa shape index (κ3) is 3.74. The van der Waals surface area contributed by atoms with Gasteiger partial charge in [-0.2, -0.15) is 8.78 Å². The fourth-order valence-electron chi connectivity index (χ4n) is 3.02. The largest absolute Gasteiger partial charge is 0.472 e. The molecule has 4 rings (SSSR count). The van der Waals surface area contributed by atoms with E-state index in [0.717, 1.165) is 10.5 Å². The van der Waals surface area contributed by atoms with E-state index in [1.165, 1.54) is 31.5 Å². The van der Waals surface area contributed by atoms with Gasteiger partial charge in [0.15, 0.2) is 11.5 Å². The summed E-state index contributed by atoms with van der Waals surface area (Å²) in [5.74, 6) is -4.74. The van der Waals surface area contributed by atoms with Crippen molar-refractivity contribution in [3.05, 3.63) is 42.2 Å². The van der Waals surface area contributed by atoms with Crippen molar-refractivity contribution in [1.29, 1.82) is 0 Å². The van der Waals surface area contributed by atoms with Crippen LogP contribution >= 0.6 is 0 Å². The van der Waals surface area contributed by atoms with Gasteiger partial charge in [0.25, 0.3) is 11.8 Å². The van der Waals surface area contributed by atoms with Crippen LogP contribution in [0.3, 0.4) is 0 Å². The van der Waals surface area contributed by atoms with E-state index in [-0.39, 0.29) is 23.7 Å². The van der Waals surface area contributed by atoms with Crippen LogP contribution in [0, 0.1) is 5.82 Å². The smallest absolute Gasteiger partial charge is 0.418 e. The molecule has 0 spiro atoms. The van der Waals surface area contributed by atoms with E-state index in [2.05, 4.69) is 19.9 Å². The second kappa shape index (κ2) is 6.90. The van der Waals surface area contributed by atoms with Crippen molar-refractivity contribution < 1.29 is 31.4 Å². The van der Waals surface area contributed by atoms with Crippen LogP contribution < -0.4 is 4.74 Å². The Labute approximate surface area is 161 Å². The summed E-state index contributed by atoms with van der Waals surface area (Å²) in [6.45, 7) is 1.19. The molecule has 3 aromatic rings. The molecular formula is C18H15F5N4O2. The molecule has 29 heavy (non-hydrogen) atoms. The third-order valence-electron chi connectivity index (χ3n) is 4.46. The molecule has 0 amide bonds. The van der Waals surface area contributed by atoms with Gasteiger partial charge in [0.05, 0.1) is 6.61 Å². The van der Waals surface area contributed by atoms with Crippen LogP contribution in [0.1, 0.15) is 25.6 Å². The number of hydrogen-bond donors (Lipinski definition) is 0. The molecule has 1 saturated carbocycles. The van der Waals surface area contributed by atoms with Crippen molar-refractivity contribution in [3.8, 4) is 17.0 Å². The van der Waals surface area contributed by atoms with Crippen LogP contribution in [0.15, 0.2) is 30.6 Å². The molecule has 0 atom stereocenters. The minimum Gasteiger partial charge on any atom is -0.472 e. The summed E-state index contributed by atoms with van der Waals surface area (Å²) in [7, 11) is 0. The molecule has 11 heteroatoms. The molecule has 1 aliphatic carbocycles. The van der Waals surface area contributed by atoms with Gasteiger partial charge in [0.1, 0.15) is 6.10 Å². The second-order valence-corrected chi connectivity index (χ2v) is 6.63. The van der Waals surface area contributed by atoms with Gasteiger partial charge < -0.3 is 9.47 Å². The predicted molar refractivity (Wildman–Crippen MR) is 90.3 cm³/mol. The standard InChI is InChI=1S/C18H15F5N4O2/c1-2-28-18(22,23)16-26-25-14-4-3-10(9-27(14)16)11-5-13(19)15(24-8-11)29-12-6-17(20,21)7-12/h3-5,8-9,12H,2,6-7H2,1H3. The summed E-state index contributed by atoms with van der Waals surface area (Å²) < 4.78 is 78.9. The zero-order valence-corrected chi connectivity index (χ0v) is 15.1. The molecular weight excluding hydrogens is 399 g/mol. The Kier molecular flexibility index (Phi) is 4.64. The number of aromatic nitrogens is 4. The average Bonchev–Trinajstić information content (AvgIpc) is 3.06. The molecule has 0 bridgehead atoms. The summed E-state index contributed by atoms with van der Waals surface area (Å²) in [5, 5.41) is 7.16. The molecule has 6 nitrogen and oxygen atoms in total. The molecule has 0 N–H and O–H groups in total. The van der Waals surface area contributed by atoms with Crippen molar-refractivity contribution in [2.75, 3.05) is 6.61 Å². The Hall–Kier alpha value is -2.82. The Morgan fingerprint density at radius 3 is 2.62 bits per heavy atom. The lowest BCUT2D eigenvalue weighted by Crippen LogP contribution is -2.43. The van der Waals surface area contributed by atoms with Crippen LogP contribution in [0.5, 0.6) is 5.88 Å². The molecule has 0 aromatic carbocycles. The number of fused-ring (bicyclic) bond motifs is 1. The Morgan fingerprint density at radius 1 is 1.21 bits per heavy atom. The lowest BCUT2D eigenvalue weighted by molar-refractivity contribution is -0.251. The molecule has 1 aliphatic rings. The van der Waals surface area contributed by atoms with Gasteiger partial charge in [0.2, 0.25) is 5.82 Å². The van der Waals surface area contributed by atoms with Crippen LogP contribution in [-0.2, 0) is 10.8 Å². The fourth-order valence-corrected chi connectivity index (χ4v) is 3.02. The first-order valence-electron chi connectivity index (χ1n) is 8.76. The summed E-state index contributed by atoms with van der Waals surface area (Å²) in [5.41, 5.74) is 0.788. The van der Waals surface area contributed by atoms with E-state index in [4.69, 9.17) is 4.74 Å². The molecule has 0 saturated heterocycles. The van der Waals surface area contributed by atoms with E-state index >= 15 is 0 Å². The van der Waals surface area contributed by atoms with Gasteiger partial charge in [-0.05, 0) is 25.1 Å². The number of halogens is 5. The third-order valence-corrected chi connectivity index (χ3v) is 4.46. The van der Waals surface area contributed by atoms with Crippen molar-refractivity contribution >= 4 is 5.65 Å².